The highest BCUT2D eigenvalue weighted by Gasteiger charge is 2.54. The summed E-state index contributed by atoms with van der Waals surface area (Å²) in [6.45, 7) is -0.239. The molecule has 0 saturated carbocycles. The Balaban J connectivity index is 2.03. The standard InChI is InChI=1S/C17H14O5/c18-14-11-21-17(22-14,15(19)12-7-3-1-4-8-12)16(20)13-9-5-2-6-10-13/h1-10,14,18H,11H2. The van der Waals surface area contributed by atoms with E-state index < -0.39 is 23.6 Å². The maximum atomic E-state index is 12.7. The van der Waals surface area contributed by atoms with Crippen molar-refractivity contribution < 1.29 is 24.2 Å². The van der Waals surface area contributed by atoms with Gasteiger partial charge in [0.2, 0.25) is 11.6 Å². The van der Waals surface area contributed by atoms with Crippen molar-refractivity contribution in [2.24, 2.45) is 0 Å². The van der Waals surface area contributed by atoms with E-state index in [-0.39, 0.29) is 17.7 Å². The molecule has 112 valence electrons. The third kappa shape index (κ3) is 2.46. The lowest BCUT2D eigenvalue weighted by molar-refractivity contribution is -0.139. The summed E-state index contributed by atoms with van der Waals surface area (Å²) in [6.07, 6.45) is -1.32. The van der Waals surface area contributed by atoms with Crippen LogP contribution >= 0.6 is 0 Å². The van der Waals surface area contributed by atoms with Gasteiger partial charge >= 0.3 is 5.79 Å². The molecule has 1 atom stereocenters. The quantitative estimate of drug-likeness (QED) is 0.688. The normalized spacial score (nSPS) is 19.8. The average molecular weight is 298 g/mol. The van der Waals surface area contributed by atoms with Crippen LogP contribution in [0.3, 0.4) is 0 Å². The van der Waals surface area contributed by atoms with Gasteiger partial charge in [-0.2, -0.15) is 0 Å². The smallest absolute Gasteiger partial charge is 0.302 e. The molecule has 0 radical (unpaired) electrons. The molecule has 0 aromatic heterocycles. The Kier molecular flexibility index (Phi) is 3.85. The summed E-state index contributed by atoms with van der Waals surface area (Å²) in [6, 6.07) is 16.5. The van der Waals surface area contributed by atoms with Gasteiger partial charge in [-0.15, -0.1) is 0 Å². The van der Waals surface area contributed by atoms with Crippen molar-refractivity contribution in [1.29, 1.82) is 0 Å². The Labute approximate surface area is 127 Å². The number of hydrogen-bond acceptors (Lipinski definition) is 5. The van der Waals surface area contributed by atoms with E-state index in [1.54, 1.807) is 60.7 Å². The van der Waals surface area contributed by atoms with Gasteiger partial charge in [-0.3, -0.25) is 9.59 Å². The number of aliphatic hydroxyl groups is 1. The van der Waals surface area contributed by atoms with E-state index in [9.17, 15) is 14.7 Å². The molecule has 5 heteroatoms. The van der Waals surface area contributed by atoms with E-state index in [0.29, 0.717) is 0 Å². The molecule has 0 amide bonds. The molecule has 22 heavy (non-hydrogen) atoms. The van der Waals surface area contributed by atoms with Crippen LogP contribution in [-0.2, 0) is 9.47 Å². The summed E-state index contributed by atoms with van der Waals surface area (Å²) in [5.74, 6) is -3.39. The number of carbonyl (C=O) groups excluding carboxylic acids is 2. The molecule has 3 rings (SSSR count). The molecule has 0 spiro atoms. The van der Waals surface area contributed by atoms with Crippen LogP contribution in [0.25, 0.3) is 0 Å². The van der Waals surface area contributed by atoms with E-state index in [0.717, 1.165) is 0 Å². The highest BCUT2D eigenvalue weighted by Crippen LogP contribution is 2.31. The van der Waals surface area contributed by atoms with Crippen molar-refractivity contribution in [3.05, 3.63) is 71.8 Å². The number of hydrogen-bond donors (Lipinski definition) is 1. The largest absolute Gasteiger partial charge is 0.366 e. The summed E-state index contributed by atoms with van der Waals surface area (Å²) in [7, 11) is 0. The van der Waals surface area contributed by atoms with Crippen molar-refractivity contribution in [3.63, 3.8) is 0 Å². The number of benzene rings is 2. The second-order valence-electron chi connectivity index (χ2n) is 4.89. The topological polar surface area (TPSA) is 72.8 Å². The van der Waals surface area contributed by atoms with Crippen LogP contribution in [0.4, 0.5) is 0 Å². The minimum atomic E-state index is -2.14. The summed E-state index contributed by atoms with van der Waals surface area (Å²) < 4.78 is 10.5. The number of rotatable bonds is 4. The van der Waals surface area contributed by atoms with Gasteiger partial charge in [0, 0.05) is 11.1 Å². The fourth-order valence-corrected chi connectivity index (χ4v) is 2.35. The van der Waals surface area contributed by atoms with Crippen LogP contribution in [0.1, 0.15) is 20.7 Å². The molecule has 1 N–H and O–H groups in total. The number of Topliss-reactive ketones (excluding diaryl/α,β-unsaturated/α-hetero) is 2. The second kappa shape index (κ2) is 5.81. The average Bonchev–Trinajstić information content (AvgIpc) is 2.98. The van der Waals surface area contributed by atoms with Gasteiger partial charge < -0.3 is 14.6 Å². The van der Waals surface area contributed by atoms with E-state index >= 15 is 0 Å². The van der Waals surface area contributed by atoms with Gasteiger partial charge in [-0.25, -0.2) is 0 Å². The first-order valence-corrected chi connectivity index (χ1v) is 6.83. The molecule has 1 aliphatic heterocycles. The van der Waals surface area contributed by atoms with Crippen LogP contribution in [0.5, 0.6) is 0 Å². The highest BCUT2D eigenvalue weighted by atomic mass is 16.8. The number of aliphatic hydroxyl groups excluding tert-OH is 1. The molecule has 1 fully saturated rings. The molecule has 2 aromatic carbocycles. The number of ether oxygens (including phenoxy) is 2. The Morgan fingerprint density at radius 3 is 1.73 bits per heavy atom. The summed E-state index contributed by atoms with van der Waals surface area (Å²) in [5, 5.41) is 9.60. The maximum Gasteiger partial charge on any atom is 0.302 e. The van der Waals surface area contributed by atoms with Crippen LogP contribution in [-0.4, -0.2) is 35.4 Å². The Hall–Kier alpha value is -2.34. The third-order valence-electron chi connectivity index (χ3n) is 3.40. The zero-order valence-corrected chi connectivity index (χ0v) is 11.6. The molecule has 1 aliphatic rings. The van der Waals surface area contributed by atoms with Crippen molar-refractivity contribution >= 4 is 11.6 Å². The van der Waals surface area contributed by atoms with Crippen LogP contribution in [0, 0.1) is 0 Å². The lowest BCUT2D eigenvalue weighted by Gasteiger charge is -2.24. The minimum absolute atomic E-state index is 0.239. The van der Waals surface area contributed by atoms with Gasteiger partial charge in [-0.1, -0.05) is 60.7 Å². The van der Waals surface area contributed by atoms with E-state index in [1.165, 1.54) is 0 Å². The molecular formula is C17H14O5. The molecule has 0 bridgehead atoms. The van der Waals surface area contributed by atoms with Gasteiger partial charge in [0.25, 0.3) is 0 Å². The molecule has 1 heterocycles. The van der Waals surface area contributed by atoms with Crippen LogP contribution in [0.15, 0.2) is 60.7 Å². The molecule has 1 unspecified atom stereocenters. The first-order chi connectivity index (χ1) is 10.6. The van der Waals surface area contributed by atoms with E-state index in [4.69, 9.17) is 9.47 Å². The van der Waals surface area contributed by atoms with Crippen LogP contribution in [0.2, 0.25) is 0 Å². The fourth-order valence-electron chi connectivity index (χ4n) is 2.35. The molecule has 0 aliphatic carbocycles. The van der Waals surface area contributed by atoms with Crippen molar-refractivity contribution in [3.8, 4) is 0 Å². The third-order valence-corrected chi connectivity index (χ3v) is 3.40. The fraction of sp³-hybridized carbons (Fsp3) is 0.176. The summed E-state index contributed by atoms with van der Waals surface area (Å²) in [4.78, 5) is 25.5. The Morgan fingerprint density at radius 2 is 1.36 bits per heavy atom. The summed E-state index contributed by atoms with van der Waals surface area (Å²) in [5.41, 5.74) is 0.557. The first kappa shape index (κ1) is 14.6. The van der Waals surface area contributed by atoms with Crippen molar-refractivity contribution in [2.75, 3.05) is 6.61 Å². The van der Waals surface area contributed by atoms with Crippen LogP contribution < -0.4 is 0 Å². The number of carbonyl (C=O) groups is 2. The van der Waals surface area contributed by atoms with Gasteiger partial charge in [-0.05, 0) is 0 Å². The SMILES string of the molecule is O=C(c1ccccc1)C1(C(=O)c2ccccc2)OCC(O)O1. The highest BCUT2D eigenvalue weighted by molar-refractivity contribution is 6.21. The van der Waals surface area contributed by atoms with Gasteiger partial charge in [0.15, 0.2) is 6.29 Å². The summed E-state index contributed by atoms with van der Waals surface area (Å²) >= 11 is 0. The molecule has 2 aromatic rings. The monoisotopic (exact) mass is 298 g/mol. The zero-order valence-electron chi connectivity index (χ0n) is 11.6. The van der Waals surface area contributed by atoms with Gasteiger partial charge in [0.05, 0.1) is 0 Å². The second-order valence-corrected chi connectivity index (χ2v) is 4.89. The minimum Gasteiger partial charge on any atom is -0.366 e. The van der Waals surface area contributed by atoms with E-state index in [1.807, 2.05) is 0 Å². The molecule has 1 saturated heterocycles. The number of ketones is 2. The van der Waals surface area contributed by atoms with E-state index in [2.05, 4.69) is 0 Å². The lowest BCUT2D eigenvalue weighted by atomic mass is 9.95. The zero-order chi connectivity index (χ0) is 15.6. The van der Waals surface area contributed by atoms with Gasteiger partial charge in [0.1, 0.15) is 6.61 Å². The Bertz CT molecular complexity index is 629. The lowest BCUT2D eigenvalue weighted by Crippen LogP contribution is -2.48. The predicted octanol–water partition coefficient (Wildman–Crippen LogP) is 1.81. The predicted molar refractivity (Wildman–Crippen MR) is 77.3 cm³/mol. The Morgan fingerprint density at radius 1 is 0.909 bits per heavy atom. The molecular weight excluding hydrogens is 284 g/mol. The maximum absolute atomic E-state index is 12.7. The van der Waals surface area contributed by atoms with Crippen molar-refractivity contribution in [1.82, 2.24) is 0 Å². The van der Waals surface area contributed by atoms with Crippen molar-refractivity contribution in [2.45, 2.75) is 12.1 Å². The first-order valence-electron chi connectivity index (χ1n) is 6.83. The molecule has 5 nitrogen and oxygen atoms in total.